The van der Waals surface area contributed by atoms with E-state index in [2.05, 4.69) is 9.97 Å². The number of carbonyl (C=O) groups is 1. The number of H-pyrrole nitrogens is 1. The molecule has 138 valence electrons. The molecule has 3 rings (SSSR count). The standard InChI is InChI=1S/C18H23N5O3/c1-12-4-6-23(16(25)8-12)11-17(26)22-7-5-13(10-22)14-9-15(24)20-18(19-14)21(2)3/h4,6,8-9,13H,5,7,10-11H2,1-3H3,(H,19,20,24). The van der Waals surface area contributed by atoms with Gasteiger partial charge < -0.3 is 14.4 Å². The Morgan fingerprint density at radius 2 is 2.12 bits per heavy atom. The predicted molar refractivity (Wildman–Crippen MR) is 98.6 cm³/mol. The lowest BCUT2D eigenvalue weighted by atomic mass is 10.1. The average molecular weight is 357 g/mol. The van der Waals surface area contributed by atoms with Crippen molar-refractivity contribution in [2.45, 2.75) is 25.8 Å². The van der Waals surface area contributed by atoms with E-state index in [4.69, 9.17) is 0 Å². The monoisotopic (exact) mass is 357 g/mol. The molecule has 8 heteroatoms. The lowest BCUT2D eigenvalue weighted by Gasteiger charge is -2.18. The zero-order chi connectivity index (χ0) is 18.8. The first-order valence-corrected chi connectivity index (χ1v) is 8.57. The van der Waals surface area contributed by atoms with Crippen molar-refractivity contribution < 1.29 is 4.79 Å². The Morgan fingerprint density at radius 1 is 1.35 bits per heavy atom. The number of anilines is 1. The summed E-state index contributed by atoms with van der Waals surface area (Å²) in [5, 5.41) is 0. The second-order valence-electron chi connectivity index (χ2n) is 6.88. The number of aromatic amines is 1. The van der Waals surface area contributed by atoms with E-state index in [1.165, 1.54) is 16.7 Å². The smallest absolute Gasteiger partial charge is 0.252 e. The number of hydrogen-bond acceptors (Lipinski definition) is 5. The van der Waals surface area contributed by atoms with Gasteiger partial charge in [-0.1, -0.05) is 0 Å². The fraction of sp³-hybridized carbons (Fsp3) is 0.444. The minimum atomic E-state index is -0.199. The Bertz CT molecular complexity index is 931. The molecule has 1 saturated heterocycles. The number of nitrogens with one attached hydrogen (secondary N) is 1. The first kappa shape index (κ1) is 17.9. The van der Waals surface area contributed by atoms with Crippen molar-refractivity contribution in [1.82, 2.24) is 19.4 Å². The third-order valence-electron chi connectivity index (χ3n) is 4.59. The van der Waals surface area contributed by atoms with Crippen molar-refractivity contribution in [2.24, 2.45) is 0 Å². The maximum atomic E-state index is 12.5. The Morgan fingerprint density at radius 3 is 2.81 bits per heavy atom. The quantitative estimate of drug-likeness (QED) is 0.851. The Hall–Kier alpha value is -2.90. The third-order valence-corrected chi connectivity index (χ3v) is 4.59. The van der Waals surface area contributed by atoms with Gasteiger partial charge >= 0.3 is 0 Å². The second-order valence-corrected chi connectivity index (χ2v) is 6.88. The highest BCUT2D eigenvalue weighted by atomic mass is 16.2. The maximum absolute atomic E-state index is 12.5. The highest BCUT2D eigenvalue weighted by Crippen LogP contribution is 2.25. The van der Waals surface area contributed by atoms with E-state index in [0.29, 0.717) is 24.7 Å². The summed E-state index contributed by atoms with van der Waals surface area (Å²) in [6, 6.07) is 4.82. The Balaban J connectivity index is 1.71. The second kappa shape index (κ2) is 7.15. The van der Waals surface area contributed by atoms with Crippen LogP contribution in [0.15, 0.2) is 34.0 Å². The zero-order valence-electron chi connectivity index (χ0n) is 15.2. The molecule has 0 aliphatic carbocycles. The minimum Gasteiger partial charge on any atom is -0.348 e. The van der Waals surface area contributed by atoms with Gasteiger partial charge in [-0.25, -0.2) is 4.98 Å². The average Bonchev–Trinajstić information content (AvgIpc) is 3.07. The summed E-state index contributed by atoms with van der Waals surface area (Å²) in [5.41, 5.74) is 1.19. The number of amides is 1. The summed E-state index contributed by atoms with van der Waals surface area (Å²) < 4.78 is 1.41. The van der Waals surface area contributed by atoms with Crippen molar-refractivity contribution in [3.63, 3.8) is 0 Å². The van der Waals surface area contributed by atoms with Gasteiger partial charge in [0.15, 0.2) is 0 Å². The lowest BCUT2D eigenvalue weighted by molar-refractivity contribution is -0.130. The van der Waals surface area contributed by atoms with Crippen LogP contribution in [0.2, 0.25) is 0 Å². The molecule has 3 heterocycles. The highest BCUT2D eigenvalue weighted by Gasteiger charge is 2.29. The van der Waals surface area contributed by atoms with Crippen LogP contribution in [0.5, 0.6) is 0 Å². The first-order chi connectivity index (χ1) is 12.3. The van der Waals surface area contributed by atoms with Gasteiger partial charge in [0, 0.05) is 51.4 Å². The topological polar surface area (TPSA) is 91.3 Å². The van der Waals surface area contributed by atoms with Crippen LogP contribution in [0.25, 0.3) is 0 Å². The molecule has 1 aliphatic rings. The maximum Gasteiger partial charge on any atom is 0.252 e. The van der Waals surface area contributed by atoms with Gasteiger partial charge in [0.1, 0.15) is 6.54 Å². The number of aryl methyl sites for hydroxylation is 1. The molecular formula is C18H23N5O3. The highest BCUT2D eigenvalue weighted by molar-refractivity contribution is 5.76. The van der Waals surface area contributed by atoms with Gasteiger partial charge in [-0.15, -0.1) is 0 Å². The molecule has 1 aliphatic heterocycles. The molecule has 1 N–H and O–H groups in total. The van der Waals surface area contributed by atoms with E-state index in [1.54, 1.807) is 16.0 Å². The van der Waals surface area contributed by atoms with Gasteiger partial charge in [0.05, 0.1) is 5.69 Å². The van der Waals surface area contributed by atoms with Gasteiger partial charge in [-0.05, 0) is 25.0 Å². The zero-order valence-corrected chi connectivity index (χ0v) is 15.2. The van der Waals surface area contributed by atoms with E-state index in [9.17, 15) is 14.4 Å². The Kier molecular flexibility index (Phi) is 4.92. The molecule has 0 saturated carbocycles. The minimum absolute atomic E-state index is 0.0229. The van der Waals surface area contributed by atoms with Gasteiger partial charge in [-0.3, -0.25) is 19.4 Å². The third kappa shape index (κ3) is 3.84. The van der Waals surface area contributed by atoms with E-state index in [-0.39, 0.29) is 29.5 Å². The molecule has 0 radical (unpaired) electrons. The number of aromatic nitrogens is 3. The van der Waals surface area contributed by atoms with E-state index >= 15 is 0 Å². The van der Waals surface area contributed by atoms with Crippen LogP contribution >= 0.6 is 0 Å². The normalized spacial score (nSPS) is 16.7. The Labute approximate surface area is 151 Å². The summed E-state index contributed by atoms with van der Waals surface area (Å²) in [6.45, 7) is 2.96. The molecule has 0 aromatic carbocycles. The van der Waals surface area contributed by atoms with Crippen LogP contribution in [-0.4, -0.2) is 52.5 Å². The number of nitrogens with zero attached hydrogens (tertiary/aromatic N) is 4. The van der Waals surface area contributed by atoms with Crippen molar-refractivity contribution in [1.29, 1.82) is 0 Å². The molecule has 0 spiro atoms. The number of rotatable bonds is 4. The molecule has 26 heavy (non-hydrogen) atoms. The van der Waals surface area contributed by atoms with E-state index in [1.807, 2.05) is 27.1 Å². The van der Waals surface area contributed by atoms with Crippen LogP contribution in [-0.2, 0) is 11.3 Å². The summed E-state index contributed by atoms with van der Waals surface area (Å²) >= 11 is 0. The van der Waals surface area contributed by atoms with E-state index in [0.717, 1.165) is 12.0 Å². The molecule has 2 aromatic rings. The molecule has 8 nitrogen and oxygen atoms in total. The van der Waals surface area contributed by atoms with Crippen LogP contribution < -0.4 is 16.0 Å². The number of likely N-dealkylation sites (tertiary alicyclic amines) is 1. The molecule has 1 amide bonds. The first-order valence-electron chi connectivity index (χ1n) is 8.57. The SMILES string of the molecule is Cc1ccn(CC(=O)N2CCC(c3cc(=O)[nH]c(N(C)C)n3)C2)c(=O)c1. The molecular weight excluding hydrogens is 334 g/mol. The summed E-state index contributed by atoms with van der Waals surface area (Å²) in [4.78, 5) is 47.0. The van der Waals surface area contributed by atoms with E-state index < -0.39 is 0 Å². The number of pyridine rings is 1. The molecule has 2 aromatic heterocycles. The fourth-order valence-electron chi connectivity index (χ4n) is 3.10. The van der Waals surface area contributed by atoms with Crippen molar-refractivity contribution >= 4 is 11.9 Å². The van der Waals surface area contributed by atoms with Gasteiger partial charge in [0.25, 0.3) is 11.1 Å². The van der Waals surface area contributed by atoms with Gasteiger partial charge in [0.2, 0.25) is 11.9 Å². The largest absolute Gasteiger partial charge is 0.348 e. The van der Waals surface area contributed by atoms with Gasteiger partial charge in [-0.2, -0.15) is 0 Å². The van der Waals surface area contributed by atoms with Crippen molar-refractivity contribution in [3.8, 4) is 0 Å². The summed E-state index contributed by atoms with van der Waals surface area (Å²) in [5.74, 6) is 0.425. The van der Waals surface area contributed by atoms with Crippen molar-refractivity contribution in [2.75, 3.05) is 32.1 Å². The summed E-state index contributed by atoms with van der Waals surface area (Å²) in [6.07, 6.45) is 2.39. The summed E-state index contributed by atoms with van der Waals surface area (Å²) in [7, 11) is 3.62. The number of carbonyl (C=O) groups excluding carboxylic acids is 1. The molecule has 0 bridgehead atoms. The van der Waals surface area contributed by atoms with Crippen LogP contribution in [0.3, 0.4) is 0 Å². The lowest BCUT2D eigenvalue weighted by Crippen LogP contribution is -2.34. The van der Waals surface area contributed by atoms with Crippen molar-refractivity contribution in [3.05, 3.63) is 56.4 Å². The molecule has 1 unspecified atom stereocenters. The number of hydrogen-bond donors (Lipinski definition) is 1. The van der Waals surface area contributed by atoms with Crippen LogP contribution in [0.1, 0.15) is 23.6 Å². The molecule has 1 fully saturated rings. The van der Waals surface area contributed by atoms with Crippen LogP contribution in [0.4, 0.5) is 5.95 Å². The molecule has 1 atom stereocenters. The predicted octanol–water partition coefficient (Wildman–Crippen LogP) is 0.322. The van der Waals surface area contributed by atoms with Crippen LogP contribution in [0, 0.1) is 6.92 Å². The fourth-order valence-corrected chi connectivity index (χ4v) is 3.10.